The van der Waals surface area contributed by atoms with Crippen molar-refractivity contribution in [2.45, 2.75) is 0 Å². The number of esters is 1. The number of aromatic nitrogens is 1. The quantitative estimate of drug-likeness (QED) is 0.787. The van der Waals surface area contributed by atoms with Crippen LogP contribution in [0.5, 0.6) is 0 Å². The van der Waals surface area contributed by atoms with Crippen LogP contribution in [0, 0.1) is 0 Å². The number of rotatable bonds is 2. The minimum Gasteiger partial charge on any atom is -0.464 e. The Kier molecular flexibility index (Phi) is 3.66. The maximum Gasteiger partial charge on any atom is 0.357 e. The molecule has 88 valence electrons. The van der Waals surface area contributed by atoms with Crippen LogP contribution in [0.25, 0.3) is 10.6 Å². The number of thiazole rings is 1. The van der Waals surface area contributed by atoms with Crippen LogP contribution in [0.15, 0.2) is 23.6 Å². The first-order valence-corrected chi connectivity index (χ1v) is 6.25. The lowest BCUT2D eigenvalue weighted by Gasteiger charge is -2.02. The van der Waals surface area contributed by atoms with Crippen LogP contribution < -0.4 is 0 Å². The number of hydrogen-bond donors (Lipinski definition) is 0. The summed E-state index contributed by atoms with van der Waals surface area (Å²) in [5.74, 6) is -0.476. The van der Waals surface area contributed by atoms with Gasteiger partial charge in [0, 0.05) is 10.9 Å². The van der Waals surface area contributed by atoms with Crippen LogP contribution in [0.3, 0.4) is 0 Å². The third-order valence-electron chi connectivity index (χ3n) is 2.08. The second-order valence-electron chi connectivity index (χ2n) is 3.13. The number of ether oxygens (including phenoxy) is 1. The van der Waals surface area contributed by atoms with Crippen LogP contribution in [-0.2, 0) is 4.74 Å². The number of hydrogen-bond acceptors (Lipinski definition) is 4. The summed E-state index contributed by atoms with van der Waals surface area (Å²) < 4.78 is 4.59. The maximum atomic E-state index is 11.3. The zero-order valence-electron chi connectivity index (χ0n) is 8.74. The monoisotopic (exact) mass is 287 g/mol. The molecule has 17 heavy (non-hydrogen) atoms. The molecule has 0 amide bonds. The van der Waals surface area contributed by atoms with Crippen molar-refractivity contribution in [3.05, 3.63) is 39.3 Å². The predicted octanol–water partition coefficient (Wildman–Crippen LogP) is 3.90. The molecule has 2 rings (SSSR count). The average molecular weight is 288 g/mol. The molecule has 6 heteroatoms. The zero-order chi connectivity index (χ0) is 12.4. The third-order valence-corrected chi connectivity index (χ3v) is 3.57. The minimum atomic E-state index is -0.476. The van der Waals surface area contributed by atoms with Crippen molar-refractivity contribution in [1.82, 2.24) is 4.98 Å². The van der Waals surface area contributed by atoms with Gasteiger partial charge in [0.15, 0.2) is 5.69 Å². The smallest absolute Gasteiger partial charge is 0.357 e. The highest BCUT2D eigenvalue weighted by Crippen LogP contribution is 2.36. The van der Waals surface area contributed by atoms with Gasteiger partial charge in [-0.3, -0.25) is 0 Å². The van der Waals surface area contributed by atoms with Gasteiger partial charge >= 0.3 is 5.97 Å². The largest absolute Gasteiger partial charge is 0.464 e. The molecule has 0 aliphatic carbocycles. The molecule has 0 radical (unpaired) electrons. The summed E-state index contributed by atoms with van der Waals surface area (Å²) >= 11 is 13.4. The van der Waals surface area contributed by atoms with Gasteiger partial charge in [0.25, 0.3) is 0 Å². The molecule has 0 aliphatic heterocycles. The molecule has 0 atom stereocenters. The molecule has 1 heterocycles. The molecular formula is C11H7Cl2NO2S. The van der Waals surface area contributed by atoms with Crippen LogP contribution in [0.1, 0.15) is 10.5 Å². The molecule has 0 unspecified atom stereocenters. The first-order valence-electron chi connectivity index (χ1n) is 4.61. The van der Waals surface area contributed by atoms with Crippen molar-refractivity contribution >= 4 is 40.5 Å². The van der Waals surface area contributed by atoms with Gasteiger partial charge < -0.3 is 4.74 Å². The second kappa shape index (κ2) is 5.04. The van der Waals surface area contributed by atoms with E-state index in [0.717, 1.165) is 0 Å². The van der Waals surface area contributed by atoms with Gasteiger partial charge in [0.05, 0.1) is 17.2 Å². The molecule has 0 N–H and O–H groups in total. The first kappa shape index (κ1) is 12.4. The number of methoxy groups -OCH3 is 1. The van der Waals surface area contributed by atoms with E-state index in [1.807, 2.05) is 0 Å². The Balaban J connectivity index is 2.47. The minimum absolute atomic E-state index is 0.253. The van der Waals surface area contributed by atoms with E-state index in [9.17, 15) is 4.79 Å². The second-order valence-corrected chi connectivity index (χ2v) is 4.80. The van der Waals surface area contributed by atoms with E-state index in [1.165, 1.54) is 18.4 Å². The van der Waals surface area contributed by atoms with Gasteiger partial charge in [-0.1, -0.05) is 29.3 Å². The molecule has 0 spiro atoms. The summed E-state index contributed by atoms with van der Waals surface area (Å²) in [5.41, 5.74) is 0.888. The van der Waals surface area contributed by atoms with E-state index in [0.29, 0.717) is 20.6 Å². The molecule has 0 aliphatic rings. The summed E-state index contributed by atoms with van der Waals surface area (Å²) in [6.07, 6.45) is 0. The molecule has 2 aromatic rings. The van der Waals surface area contributed by atoms with Crippen molar-refractivity contribution < 1.29 is 9.53 Å². The van der Waals surface area contributed by atoms with Crippen molar-refractivity contribution in [2.24, 2.45) is 0 Å². The van der Waals surface area contributed by atoms with E-state index in [1.54, 1.807) is 23.6 Å². The SMILES string of the molecule is COC(=O)c1csc(-c2c(Cl)cccc2Cl)n1. The average Bonchev–Trinajstić information content (AvgIpc) is 2.77. The summed E-state index contributed by atoms with van der Waals surface area (Å²) in [5, 5.41) is 3.22. The number of carbonyl (C=O) groups excluding carboxylic acids is 1. The maximum absolute atomic E-state index is 11.3. The van der Waals surface area contributed by atoms with Crippen molar-refractivity contribution in [2.75, 3.05) is 7.11 Å². The number of nitrogens with zero attached hydrogens (tertiary/aromatic N) is 1. The molecule has 0 saturated heterocycles. The summed E-state index contributed by atoms with van der Waals surface area (Å²) in [6.45, 7) is 0. The standard InChI is InChI=1S/C11H7Cl2NO2S/c1-16-11(15)8-5-17-10(14-8)9-6(12)3-2-4-7(9)13/h2-5H,1H3. The lowest BCUT2D eigenvalue weighted by molar-refractivity contribution is 0.0595. The lowest BCUT2D eigenvalue weighted by atomic mass is 10.2. The molecule has 3 nitrogen and oxygen atoms in total. The lowest BCUT2D eigenvalue weighted by Crippen LogP contribution is -2.01. The van der Waals surface area contributed by atoms with E-state index >= 15 is 0 Å². The highest BCUT2D eigenvalue weighted by molar-refractivity contribution is 7.13. The van der Waals surface area contributed by atoms with Crippen molar-refractivity contribution in [3.63, 3.8) is 0 Å². The van der Waals surface area contributed by atoms with Gasteiger partial charge in [-0.05, 0) is 12.1 Å². The molecule has 0 saturated carbocycles. The fraction of sp³-hybridized carbons (Fsp3) is 0.0909. The summed E-state index contributed by atoms with van der Waals surface area (Å²) in [4.78, 5) is 15.4. The zero-order valence-corrected chi connectivity index (χ0v) is 11.1. The molecule has 0 bridgehead atoms. The van der Waals surface area contributed by atoms with E-state index in [4.69, 9.17) is 23.2 Å². The van der Waals surface area contributed by atoms with Gasteiger partial charge in [-0.15, -0.1) is 11.3 Å². The molecule has 1 aromatic carbocycles. The first-order chi connectivity index (χ1) is 8.13. The summed E-state index contributed by atoms with van der Waals surface area (Å²) in [6, 6.07) is 5.20. The van der Waals surface area contributed by atoms with E-state index in [-0.39, 0.29) is 5.69 Å². The number of carbonyl (C=O) groups is 1. The molecular weight excluding hydrogens is 281 g/mol. The van der Waals surface area contributed by atoms with Gasteiger partial charge in [0.2, 0.25) is 0 Å². The Morgan fingerprint density at radius 3 is 2.59 bits per heavy atom. The Labute approximate surface area is 112 Å². The fourth-order valence-electron chi connectivity index (χ4n) is 1.29. The molecule has 0 fully saturated rings. The van der Waals surface area contributed by atoms with Gasteiger partial charge in [-0.2, -0.15) is 0 Å². The molecule has 1 aromatic heterocycles. The highest BCUT2D eigenvalue weighted by atomic mass is 35.5. The summed E-state index contributed by atoms with van der Waals surface area (Å²) in [7, 11) is 1.31. The topological polar surface area (TPSA) is 39.2 Å². The Bertz CT molecular complexity index is 548. The van der Waals surface area contributed by atoms with E-state index in [2.05, 4.69) is 9.72 Å². The van der Waals surface area contributed by atoms with Crippen molar-refractivity contribution in [1.29, 1.82) is 0 Å². The van der Waals surface area contributed by atoms with E-state index < -0.39 is 5.97 Å². The Morgan fingerprint density at radius 2 is 2.00 bits per heavy atom. The van der Waals surface area contributed by atoms with Gasteiger partial charge in [-0.25, -0.2) is 9.78 Å². The van der Waals surface area contributed by atoms with Crippen molar-refractivity contribution in [3.8, 4) is 10.6 Å². The Morgan fingerprint density at radius 1 is 1.35 bits per heavy atom. The van der Waals surface area contributed by atoms with Gasteiger partial charge in [0.1, 0.15) is 5.01 Å². The normalized spacial score (nSPS) is 10.3. The van der Waals surface area contributed by atoms with Crippen LogP contribution in [0.2, 0.25) is 10.0 Å². The third kappa shape index (κ3) is 2.44. The predicted molar refractivity (Wildman–Crippen MR) is 68.9 cm³/mol. The van der Waals surface area contributed by atoms with Crippen LogP contribution in [-0.4, -0.2) is 18.1 Å². The highest BCUT2D eigenvalue weighted by Gasteiger charge is 2.15. The number of benzene rings is 1. The fourth-order valence-corrected chi connectivity index (χ4v) is 2.84. The number of halogens is 2. The van der Waals surface area contributed by atoms with Crippen LogP contribution in [0.4, 0.5) is 0 Å². The van der Waals surface area contributed by atoms with Crippen LogP contribution >= 0.6 is 34.5 Å². The Hall–Kier alpha value is -1.10.